The third kappa shape index (κ3) is 2.82. The Morgan fingerprint density at radius 1 is 1.15 bits per heavy atom. The summed E-state index contributed by atoms with van der Waals surface area (Å²) in [6, 6.07) is 17.4. The molecule has 0 saturated carbocycles. The summed E-state index contributed by atoms with van der Waals surface area (Å²) in [6.45, 7) is 0.187. The summed E-state index contributed by atoms with van der Waals surface area (Å²) >= 11 is 0. The quantitative estimate of drug-likeness (QED) is 0.739. The summed E-state index contributed by atoms with van der Waals surface area (Å²) in [7, 11) is 0. The molecule has 0 aliphatic carbocycles. The second-order valence-electron chi connectivity index (χ2n) is 6.03. The molecule has 1 N–H and O–H groups in total. The number of anilines is 1. The SMILES string of the molecule is C#CCOc1ccccc1C1CC(=O)Nc2c1cnn2-c1ccccc1. The minimum atomic E-state index is -0.134. The molecular formula is C21H17N3O2. The van der Waals surface area contributed by atoms with Crippen molar-refractivity contribution in [3.63, 3.8) is 0 Å². The fraction of sp³-hybridized carbons (Fsp3) is 0.143. The van der Waals surface area contributed by atoms with Crippen molar-refractivity contribution >= 4 is 11.7 Å². The van der Waals surface area contributed by atoms with Gasteiger partial charge in [0.25, 0.3) is 0 Å². The number of carbonyl (C=O) groups excluding carboxylic acids is 1. The molecule has 2 aromatic carbocycles. The van der Waals surface area contributed by atoms with Crippen molar-refractivity contribution in [2.24, 2.45) is 0 Å². The van der Waals surface area contributed by atoms with Gasteiger partial charge >= 0.3 is 0 Å². The number of hydrogen-bond acceptors (Lipinski definition) is 3. The monoisotopic (exact) mass is 343 g/mol. The summed E-state index contributed by atoms with van der Waals surface area (Å²) in [5.74, 6) is 3.69. The molecule has 2 heterocycles. The van der Waals surface area contributed by atoms with E-state index < -0.39 is 0 Å². The van der Waals surface area contributed by atoms with E-state index >= 15 is 0 Å². The Balaban J connectivity index is 1.79. The largest absolute Gasteiger partial charge is 0.481 e. The maximum atomic E-state index is 12.4. The summed E-state index contributed by atoms with van der Waals surface area (Å²) in [4.78, 5) is 12.4. The standard InChI is InChI=1S/C21H17N3O2/c1-2-12-26-19-11-7-6-10-16(19)17-13-20(25)23-21-18(17)14-22-24(21)15-8-4-3-5-9-15/h1,3-11,14,17H,12-13H2,(H,23,25). The second kappa shape index (κ2) is 6.77. The summed E-state index contributed by atoms with van der Waals surface area (Å²) in [5, 5.41) is 7.46. The number of fused-ring (bicyclic) bond motifs is 1. The van der Waals surface area contributed by atoms with Crippen LogP contribution in [-0.2, 0) is 4.79 Å². The van der Waals surface area contributed by atoms with Crippen molar-refractivity contribution in [3.8, 4) is 23.8 Å². The number of hydrogen-bond donors (Lipinski definition) is 1. The molecule has 0 spiro atoms. The number of terminal acetylenes is 1. The maximum Gasteiger partial charge on any atom is 0.226 e. The van der Waals surface area contributed by atoms with Crippen molar-refractivity contribution in [2.75, 3.05) is 11.9 Å². The summed E-state index contributed by atoms with van der Waals surface area (Å²) in [5.41, 5.74) is 2.79. The van der Waals surface area contributed by atoms with Crippen LogP contribution >= 0.6 is 0 Å². The third-order valence-corrected chi connectivity index (χ3v) is 4.43. The molecule has 1 unspecified atom stereocenters. The van der Waals surface area contributed by atoms with Crippen LogP contribution in [0, 0.1) is 12.3 Å². The number of carbonyl (C=O) groups is 1. The van der Waals surface area contributed by atoms with Gasteiger partial charge in [0, 0.05) is 23.5 Å². The molecule has 1 amide bonds. The van der Waals surface area contributed by atoms with E-state index in [0.29, 0.717) is 18.0 Å². The molecule has 4 rings (SSSR count). The average molecular weight is 343 g/mol. The van der Waals surface area contributed by atoms with Gasteiger partial charge in [0.1, 0.15) is 18.2 Å². The Bertz CT molecular complexity index is 986. The normalized spacial score (nSPS) is 15.7. The first-order valence-corrected chi connectivity index (χ1v) is 8.36. The lowest BCUT2D eigenvalue weighted by Gasteiger charge is -2.25. The lowest BCUT2D eigenvalue weighted by atomic mass is 9.87. The molecule has 0 bridgehead atoms. The van der Waals surface area contributed by atoms with Gasteiger partial charge in [-0.05, 0) is 18.2 Å². The van der Waals surface area contributed by atoms with E-state index in [0.717, 1.165) is 16.8 Å². The van der Waals surface area contributed by atoms with Crippen molar-refractivity contribution in [1.82, 2.24) is 9.78 Å². The lowest BCUT2D eigenvalue weighted by molar-refractivity contribution is -0.116. The van der Waals surface area contributed by atoms with E-state index in [9.17, 15) is 4.79 Å². The van der Waals surface area contributed by atoms with E-state index in [4.69, 9.17) is 11.2 Å². The molecule has 3 aromatic rings. The first-order chi connectivity index (χ1) is 12.8. The van der Waals surface area contributed by atoms with Gasteiger partial charge in [0.2, 0.25) is 5.91 Å². The Labute approximate surface area is 151 Å². The highest BCUT2D eigenvalue weighted by atomic mass is 16.5. The summed E-state index contributed by atoms with van der Waals surface area (Å²) < 4.78 is 7.44. The molecule has 0 radical (unpaired) electrons. The molecule has 1 aliphatic rings. The number of aromatic nitrogens is 2. The van der Waals surface area contributed by atoms with E-state index in [1.165, 1.54) is 0 Å². The van der Waals surface area contributed by atoms with Crippen molar-refractivity contribution in [3.05, 3.63) is 71.9 Å². The highest BCUT2D eigenvalue weighted by Crippen LogP contribution is 2.41. The van der Waals surface area contributed by atoms with Crippen LogP contribution in [0.25, 0.3) is 5.69 Å². The van der Waals surface area contributed by atoms with Crippen molar-refractivity contribution in [2.45, 2.75) is 12.3 Å². The number of nitrogens with one attached hydrogen (secondary N) is 1. The Morgan fingerprint density at radius 3 is 2.73 bits per heavy atom. The molecule has 0 fully saturated rings. The number of nitrogens with zero attached hydrogens (tertiary/aromatic N) is 2. The first-order valence-electron chi connectivity index (χ1n) is 8.36. The van der Waals surface area contributed by atoms with E-state index in [-0.39, 0.29) is 18.4 Å². The fourth-order valence-electron chi connectivity index (χ4n) is 3.28. The minimum absolute atomic E-state index is 0.0491. The zero-order valence-corrected chi connectivity index (χ0v) is 14.1. The highest BCUT2D eigenvalue weighted by molar-refractivity contribution is 5.94. The molecule has 0 saturated heterocycles. The number of rotatable bonds is 4. The fourth-order valence-corrected chi connectivity index (χ4v) is 3.28. The maximum absolute atomic E-state index is 12.4. The molecule has 128 valence electrons. The van der Waals surface area contributed by atoms with Gasteiger partial charge in [-0.3, -0.25) is 4.79 Å². The van der Waals surface area contributed by atoms with Crippen LogP contribution in [0.15, 0.2) is 60.8 Å². The lowest BCUT2D eigenvalue weighted by Crippen LogP contribution is -2.25. The van der Waals surface area contributed by atoms with Crippen LogP contribution < -0.4 is 10.1 Å². The number of benzene rings is 2. The van der Waals surface area contributed by atoms with Gasteiger partial charge < -0.3 is 10.1 Å². The van der Waals surface area contributed by atoms with Gasteiger partial charge in [0.15, 0.2) is 0 Å². The van der Waals surface area contributed by atoms with E-state index in [2.05, 4.69) is 16.3 Å². The van der Waals surface area contributed by atoms with Crippen molar-refractivity contribution < 1.29 is 9.53 Å². The van der Waals surface area contributed by atoms with Gasteiger partial charge in [-0.1, -0.05) is 42.3 Å². The van der Waals surface area contributed by atoms with Crippen LogP contribution in [0.3, 0.4) is 0 Å². The number of para-hydroxylation sites is 2. The molecule has 5 nitrogen and oxygen atoms in total. The smallest absolute Gasteiger partial charge is 0.226 e. The van der Waals surface area contributed by atoms with Crippen LogP contribution in [0.1, 0.15) is 23.5 Å². The van der Waals surface area contributed by atoms with Crippen LogP contribution in [-0.4, -0.2) is 22.3 Å². The zero-order chi connectivity index (χ0) is 17.9. The first kappa shape index (κ1) is 16.0. The molecule has 1 aromatic heterocycles. The van der Waals surface area contributed by atoms with Crippen LogP contribution in [0.5, 0.6) is 5.75 Å². The number of ether oxygens (including phenoxy) is 1. The molecule has 1 aliphatic heterocycles. The summed E-state index contributed by atoms with van der Waals surface area (Å²) in [6.07, 6.45) is 7.47. The van der Waals surface area contributed by atoms with Crippen molar-refractivity contribution in [1.29, 1.82) is 0 Å². The van der Waals surface area contributed by atoms with Gasteiger partial charge in [-0.25, -0.2) is 4.68 Å². The Hall–Kier alpha value is -3.52. The van der Waals surface area contributed by atoms with Gasteiger partial charge in [-0.2, -0.15) is 5.10 Å². The second-order valence-corrected chi connectivity index (χ2v) is 6.03. The van der Waals surface area contributed by atoms with Crippen LogP contribution in [0.2, 0.25) is 0 Å². The van der Waals surface area contributed by atoms with E-state index in [1.54, 1.807) is 4.68 Å². The van der Waals surface area contributed by atoms with E-state index in [1.807, 2.05) is 60.8 Å². The molecule has 5 heteroatoms. The molecule has 1 atom stereocenters. The minimum Gasteiger partial charge on any atom is -0.481 e. The Kier molecular flexibility index (Phi) is 4.16. The van der Waals surface area contributed by atoms with Gasteiger partial charge in [0.05, 0.1) is 11.9 Å². The molecular weight excluding hydrogens is 326 g/mol. The third-order valence-electron chi connectivity index (χ3n) is 4.43. The predicted molar refractivity (Wildman–Crippen MR) is 99.4 cm³/mol. The van der Waals surface area contributed by atoms with Crippen LogP contribution in [0.4, 0.5) is 5.82 Å². The number of amides is 1. The Morgan fingerprint density at radius 2 is 1.92 bits per heavy atom. The predicted octanol–water partition coefficient (Wildman–Crippen LogP) is 3.36. The topological polar surface area (TPSA) is 56.1 Å². The molecule has 26 heavy (non-hydrogen) atoms. The average Bonchev–Trinajstić information content (AvgIpc) is 3.10. The zero-order valence-electron chi connectivity index (χ0n) is 14.1. The highest BCUT2D eigenvalue weighted by Gasteiger charge is 2.31. The van der Waals surface area contributed by atoms with Gasteiger partial charge in [-0.15, -0.1) is 6.42 Å².